The second-order valence-electron chi connectivity index (χ2n) is 6.50. The van der Waals surface area contributed by atoms with E-state index in [1.807, 2.05) is 24.8 Å². The molecule has 1 aliphatic rings. The number of pyridine rings is 1. The molecule has 25 heavy (non-hydrogen) atoms. The van der Waals surface area contributed by atoms with Gasteiger partial charge in [0.2, 0.25) is 0 Å². The van der Waals surface area contributed by atoms with Crippen LogP contribution in [0.5, 0.6) is 0 Å². The van der Waals surface area contributed by atoms with Crippen molar-refractivity contribution in [3.63, 3.8) is 0 Å². The van der Waals surface area contributed by atoms with Crippen LogP contribution >= 0.6 is 0 Å². The van der Waals surface area contributed by atoms with Crippen molar-refractivity contribution in [3.05, 3.63) is 58.9 Å². The fourth-order valence-electron chi connectivity index (χ4n) is 3.51. The minimum absolute atomic E-state index is 0.0846. The van der Waals surface area contributed by atoms with Crippen molar-refractivity contribution in [3.8, 4) is 0 Å². The largest absolute Gasteiger partial charge is 0.359 e. The number of nitrogens with zero attached hydrogens (tertiary/aromatic N) is 3. The molecule has 5 nitrogen and oxygen atoms in total. The van der Waals surface area contributed by atoms with E-state index in [2.05, 4.69) is 10.1 Å². The van der Waals surface area contributed by atoms with E-state index in [4.69, 9.17) is 4.52 Å². The molecule has 1 fully saturated rings. The molecule has 0 saturated carbocycles. The van der Waals surface area contributed by atoms with Crippen LogP contribution in [-0.4, -0.2) is 27.5 Å². The Hall–Kier alpha value is -2.76. The number of aryl methyl sites for hydroxylation is 2. The summed E-state index contributed by atoms with van der Waals surface area (Å²) < 4.78 is 18.9. The fourth-order valence-corrected chi connectivity index (χ4v) is 3.51. The molecule has 0 unspecified atom stereocenters. The number of rotatable bonds is 2. The number of carbonyl (C=O) groups excluding carboxylic acids is 1. The maximum Gasteiger partial charge on any atom is 0.255 e. The molecule has 4 rings (SSSR count). The molecule has 3 aromatic rings. The first-order valence-electron chi connectivity index (χ1n) is 8.34. The van der Waals surface area contributed by atoms with Crippen LogP contribution in [0.4, 0.5) is 4.39 Å². The van der Waals surface area contributed by atoms with E-state index >= 15 is 0 Å². The predicted molar refractivity (Wildman–Crippen MR) is 90.7 cm³/mol. The van der Waals surface area contributed by atoms with Gasteiger partial charge < -0.3 is 9.42 Å². The van der Waals surface area contributed by atoms with Gasteiger partial charge in [0, 0.05) is 29.8 Å². The zero-order valence-corrected chi connectivity index (χ0v) is 14.1. The molecule has 1 aromatic carbocycles. The van der Waals surface area contributed by atoms with E-state index in [9.17, 15) is 9.18 Å². The molecular weight excluding hydrogens is 321 g/mol. The van der Waals surface area contributed by atoms with Gasteiger partial charge >= 0.3 is 0 Å². The average Bonchev–Trinajstić information content (AvgIpc) is 3.21. The molecule has 1 atom stereocenters. The van der Waals surface area contributed by atoms with Crippen LogP contribution < -0.4 is 0 Å². The van der Waals surface area contributed by atoms with Gasteiger partial charge in [0.1, 0.15) is 5.82 Å². The molecule has 0 N–H and O–H groups in total. The van der Waals surface area contributed by atoms with E-state index in [1.165, 1.54) is 12.1 Å². The molecule has 0 aliphatic carbocycles. The lowest BCUT2D eigenvalue weighted by molar-refractivity contribution is 0.0716. The number of likely N-dealkylation sites (tertiary alicyclic amines) is 1. The van der Waals surface area contributed by atoms with Crippen molar-refractivity contribution >= 4 is 16.8 Å². The van der Waals surface area contributed by atoms with Gasteiger partial charge in [-0.2, -0.15) is 0 Å². The molecule has 128 valence electrons. The number of hydrogen-bond acceptors (Lipinski definition) is 4. The number of amides is 1. The van der Waals surface area contributed by atoms with Crippen LogP contribution in [0, 0.1) is 19.7 Å². The quantitative estimate of drug-likeness (QED) is 0.709. The number of fused-ring (bicyclic) bond motifs is 1. The number of carbonyl (C=O) groups is 1. The summed E-state index contributed by atoms with van der Waals surface area (Å²) in [6.07, 6.45) is 1.75. The number of hydrogen-bond donors (Lipinski definition) is 0. The van der Waals surface area contributed by atoms with Crippen LogP contribution in [0.25, 0.3) is 10.9 Å². The van der Waals surface area contributed by atoms with Crippen LogP contribution in [0.2, 0.25) is 0 Å². The Morgan fingerprint density at radius 3 is 2.84 bits per heavy atom. The Bertz CT molecular complexity index is 961. The summed E-state index contributed by atoms with van der Waals surface area (Å²) in [5, 5.41) is 4.60. The summed E-state index contributed by atoms with van der Waals surface area (Å²) >= 11 is 0. The lowest BCUT2D eigenvalue weighted by Crippen LogP contribution is -2.30. The summed E-state index contributed by atoms with van der Waals surface area (Å²) in [7, 11) is 0. The first-order valence-corrected chi connectivity index (χ1v) is 8.34. The van der Waals surface area contributed by atoms with Crippen LogP contribution in [0.15, 0.2) is 34.9 Å². The van der Waals surface area contributed by atoms with E-state index < -0.39 is 0 Å². The van der Waals surface area contributed by atoms with Crippen molar-refractivity contribution in [2.24, 2.45) is 0 Å². The molecule has 6 heteroatoms. The van der Waals surface area contributed by atoms with E-state index in [0.717, 1.165) is 18.5 Å². The molecule has 3 heterocycles. The van der Waals surface area contributed by atoms with Crippen molar-refractivity contribution in [2.75, 3.05) is 6.54 Å². The van der Waals surface area contributed by atoms with Crippen LogP contribution in [-0.2, 0) is 0 Å². The zero-order valence-electron chi connectivity index (χ0n) is 14.1. The van der Waals surface area contributed by atoms with Crippen molar-refractivity contribution in [2.45, 2.75) is 32.7 Å². The molecule has 1 amide bonds. The van der Waals surface area contributed by atoms with Gasteiger partial charge in [0.15, 0.2) is 5.76 Å². The van der Waals surface area contributed by atoms with Crippen LogP contribution in [0.3, 0.4) is 0 Å². The molecule has 1 aliphatic heterocycles. The average molecular weight is 339 g/mol. The third-order valence-corrected chi connectivity index (χ3v) is 4.62. The van der Waals surface area contributed by atoms with Crippen LogP contribution in [0.1, 0.15) is 46.4 Å². The Morgan fingerprint density at radius 1 is 1.24 bits per heavy atom. The number of aromatic nitrogens is 2. The second-order valence-corrected chi connectivity index (χ2v) is 6.50. The summed E-state index contributed by atoms with van der Waals surface area (Å²) in [4.78, 5) is 19.4. The summed E-state index contributed by atoms with van der Waals surface area (Å²) in [6, 6.07) is 7.87. The van der Waals surface area contributed by atoms with E-state index in [-0.39, 0.29) is 17.8 Å². The Labute approximate surface area is 144 Å². The Balaban J connectivity index is 1.76. The lowest BCUT2D eigenvalue weighted by atomic mass is 10.1. The van der Waals surface area contributed by atoms with Crippen molar-refractivity contribution in [1.82, 2.24) is 15.0 Å². The molecule has 0 bridgehead atoms. The minimum atomic E-state index is -0.361. The predicted octanol–water partition coefficient (Wildman–Crippen LogP) is 3.96. The van der Waals surface area contributed by atoms with E-state index in [0.29, 0.717) is 34.5 Å². The second kappa shape index (κ2) is 5.95. The van der Waals surface area contributed by atoms with Gasteiger partial charge in [0.05, 0.1) is 22.8 Å². The maximum atomic E-state index is 13.5. The third kappa shape index (κ3) is 2.77. The highest BCUT2D eigenvalue weighted by Gasteiger charge is 2.34. The molecule has 0 spiro atoms. The highest BCUT2D eigenvalue weighted by Crippen LogP contribution is 2.34. The van der Waals surface area contributed by atoms with E-state index in [1.54, 1.807) is 12.1 Å². The summed E-state index contributed by atoms with van der Waals surface area (Å²) in [6.45, 7) is 4.33. The SMILES string of the molecule is Cc1cc([C@H]2CCCN2C(=O)c2cc(C)nc3cc(F)ccc23)on1. The first kappa shape index (κ1) is 15.7. The minimum Gasteiger partial charge on any atom is -0.359 e. The normalized spacial score (nSPS) is 17.4. The van der Waals surface area contributed by atoms with Gasteiger partial charge in [-0.05, 0) is 44.9 Å². The molecule has 1 saturated heterocycles. The third-order valence-electron chi connectivity index (χ3n) is 4.62. The number of benzene rings is 1. The van der Waals surface area contributed by atoms with Gasteiger partial charge in [0.25, 0.3) is 5.91 Å². The Kier molecular flexibility index (Phi) is 3.75. The standard InChI is InChI=1S/C19H18FN3O2/c1-11-8-15(14-6-5-13(20)10-16(14)21-11)19(24)23-7-3-4-17(23)18-9-12(2)22-25-18/h5-6,8-10,17H,3-4,7H2,1-2H3/t17-/m1/s1. The van der Waals surface area contributed by atoms with Gasteiger partial charge in [-0.3, -0.25) is 9.78 Å². The van der Waals surface area contributed by atoms with Gasteiger partial charge in [-0.25, -0.2) is 4.39 Å². The fraction of sp³-hybridized carbons (Fsp3) is 0.316. The van der Waals surface area contributed by atoms with Crippen molar-refractivity contribution in [1.29, 1.82) is 0 Å². The smallest absolute Gasteiger partial charge is 0.255 e. The highest BCUT2D eigenvalue weighted by atomic mass is 19.1. The lowest BCUT2D eigenvalue weighted by Gasteiger charge is -2.23. The topological polar surface area (TPSA) is 59.2 Å². The highest BCUT2D eigenvalue weighted by molar-refractivity contribution is 6.06. The molecule has 2 aromatic heterocycles. The van der Waals surface area contributed by atoms with Gasteiger partial charge in [-0.15, -0.1) is 0 Å². The first-order chi connectivity index (χ1) is 12.0. The summed E-state index contributed by atoms with van der Waals surface area (Å²) in [5.41, 5.74) is 2.53. The number of halogens is 1. The van der Waals surface area contributed by atoms with Crippen molar-refractivity contribution < 1.29 is 13.7 Å². The molecule has 0 radical (unpaired) electrons. The zero-order chi connectivity index (χ0) is 17.6. The van der Waals surface area contributed by atoms with Gasteiger partial charge in [-0.1, -0.05) is 5.16 Å². The maximum absolute atomic E-state index is 13.5. The summed E-state index contributed by atoms with van der Waals surface area (Å²) in [5.74, 6) is 0.267. The molecular formula is C19H18FN3O2. The monoisotopic (exact) mass is 339 g/mol. The Morgan fingerprint density at radius 2 is 2.08 bits per heavy atom.